The van der Waals surface area contributed by atoms with E-state index in [0.29, 0.717) is 11.7 Å². The first-order chi connectivity index (χ1) is 14.1. The number of aromatic nitrogens is 2. The molecule has 3 heterocycles. The molecule has 2 aliphatic heterocycles. The topological polar surface area (TPSA) is 59.4 Å². The lowest BCUT2D eigenvalue weighted by molar-refractivity contribution is -0.118. The Morgan fingerprint density at radius 1 is 1.28 bits per heavy atom. The van der Waals surface area contributed by atoms with Gasteiger partial charge in [-0.3, -0.25) is 14.4 Å². The Hall–Kier alpha value is -1.37. The Morgan fingerprint density at radius 2 is 2.00 bits per heavy atom. The maximum atomic E-state index is 12.6. The Bertz CT molecular complexity index is 704. The number of piperidine rings is 1. The van der Waals surface area contributed by atoms with Crippen molar-refractivity contribution < 1.29 is 9.53 Å². The highest BCUT2D eigenvalue weighted by Crippen LogP contribution is 2.30. The molecule has 1 aromatic rings. The van der Waals surface area contributed by atoms with Crippen LogP contribution in [0.25, 0.3) is 6.08 Å². The van der Waals surface area contributed by atoms with E-state index in [1.807, 2.05) is 11.6 Å². The van der Waals surface area contributed by atoms with E-state index in [0.717, 1.165) is 69.8 Å². The van der Waals surface area contributed by atoms with Gasteiger partial charge in [0.2, 0.25) is 5.91 Å². The Kier molecular flexibility index (Phi) is 8.16. The maximum absolute atomic E-state index is 12.6. The van der Waals surface area contributed by atoms with E-state index in [9.17, 15) is 4.79 Å². The molecule has 0 aromatic carbocycles. The number of nitrogens with one attached hydrogen (secondary N) is 1. The first-order valence-corrected chi connectivity index (χ1v) is 11.4. The van der Waals surface area contributed by atoms with E-state index in [4.69, 9.17) is 16.3 Å². The van der Waals surface area contributed by atoms with Gasteiger partial charge in [0.25, 0.3) is 0 Å². The average molecular weight is 423 g/mol. The Balaban J connectivity index is 1.61. The van der Waals surface area contributed by atoms with Crippen LogP contribution in [0.3, 0.4) is 0 Å². The highest BCUT2D eigenvalue weighted by molar-refractivity contribution is 6.31. The molecule has 0 saturated carbocycles. The van der Waals surface area contributed by atoms with Crippen LogP contribution in [0.1, 0.15) is 63.1 Å². The smallest absolute Gasteiger partial charge is 0.244 e. The predicted molar refractivity (Wildman–Crippen MR) is 117 cm³/mol. The minimum atomic E-state index is -0.0790. The van der Waals surface area contributed by atoms with Gasteiger partial charge in [-0.15, -0.1) is 0 Å². The Morgan fingerprint density at radius 3 is 2.69 bits per heavy atom. The Labute approximate surface area is 179 Å². The molecule has 0 atom stereocenters. The molecule has 3 rings (SSSR count). The van der Waals surface area contributed by atoms with Crippen molar-refractivity contribution in [2.24, 2.45) is 0 Å². The molecular weight excluding hydrogens is 388 g/mol. The number of carbonyl (C=O) groups is 1. The molecule has 2 saturated heterocycles. The lowest BCUT2D eigenvalue weighted by atomic mass is 9.86. The van der Waals surface area contributed by atoms with Crippen molar-refractivity contribution in [3.8, 4) is 0 Å². The molecular formula is C22H35ClN4O2. The van der Waals surface area contributed by atoms with E-state index in [-0.39, 0.29) is 11.4 Å². The minimum Gasteiger partial charge on any atom is -0.381 e. The number of rotatable bonds is 8. The predicted octanol–water partition coefficient (Wildman–Crippen LogP) is 3.81. The number of nitrogens with zero attached hydrogens (tertiary/aromatic N) is 3. The fourth-order valence-corrected chi connectivity index (χ4v) is 4.73. The average Bonchev–Trinajstić information content (AvgIpc) is 3.03. The molecule has 0 unspecified atom stereocenters. The molecule has 6 nitrogen and oxygen atoms in total. The van der Waals surface area contributed by atoms with Crippen LogP contribution in [0.4, 0.5) is 0 Å². The molecule has 1 N–H and O–H groups in total. The highest BCUT2D eigenvalue weighted by Gasteiger charge is 2.39. The first-order valence-electron chi connectivity index (χ1n) is 11.1. The van der Waals surface area contributed by atoms with Crippen molar-refractivity contribution >= 4 is 23.6 Å². The summed E-state index contributed by atoms with van der Waals surface area (Å²) in [4.78, 5) is 15.2. The fourth-order valence-electron chi connectivity index (χ4n) is 4.41. The van der Waals surface area contributed by atoms with Gasteiger partial charge in [0.05, 0.1) is 5.69 Å². The summed E-state index contributed by atoms with van der Waals surface area (Å²) < 4.78 is 7.43. The second-order valence-electron chi connectivity index (χ2n) is 8.30. The van der Waals surface area contributed by atoms with Crippen molar-refractivity contribution in [1.82, 2.24) is 20.0 Å². The lowest BCUT2D eigenvalue weighted by Crippen LogP contribution is -2.59. The summed E-state index contributed by atoms with van der Waals surface area (Å²) in [6, 6.07) is 0. The second-order valence-corrected chi connectivity index (χ2v) is 8.66. The molecule has 0 radical (unpaired) electrons. The number of hydrogen-bond acceptors (Lipinski definition) is 4. The summed E-state index contributed by atoms with van der Waals surface area (Å²) >= 11 is 6.47. The first kappa shape index (κ1) is 22.3. The highest BCUT2D eigenvalue weighted by atomic mass is 35.5. The van der Waals surface area contributed by atoms with Gasteiger partial charge >= 0.3 is 0 Å². The third-order valence-electron chi connectivity index (χ3n) is 6.28. The summed E-state index contributed by atoms with van der Waals surface area (Å²) in [6.07, 6.45) is 11.3. The van der Waals surface area contributed by atoms with E-state index in [2.05, 4.69) is 22.2 Å². The van der Waals surface area contributed by atoms with Crippen LogP contribution >= 0.6 is 11.6 Å². The van der Waals surface area contributed by atoms with Crippen molar-refractivity contribution in [2.75, 3.05) is 32.8 Å². The SMILES string of the molecule is CCCCn1nc(C)c(/C=C/C(=O)NCC2(N3CCCCC3)CCOCC2)c1Cl. The zero-order valence-electron chi connectivity index (χ0n) is 17.9. The van der Waals surface area contributed by atoms with Crippen LogP contribution < -0.4 is 5.32 Å². The van der Waals surface area contributed by atoms with Crippen LogP contribution in [0.15, 0.2) is 6.08 Å². The van der Waals surface area contributed by atoms with Crippen LogP contribution in [0, 0.1) is 6.92 Å². The quantitative estimate of drug-likeness (QED) is 0.647. The summed E-state index contributed by atoms with van der Waals surface area (Å²) in [5.74, 6) is -0.0790. The van der Waals surface area contributed by atoms with Gasteiger partial charge in [-0.1, -0.05) is 31.4 Å². The second kappa shape index (κ2) is 10.6. The minimum absolute atomic E-state index is 0.0285. The fraction of sp³-hybridized carbons (Fsp3) is 0.727. The third-order valence-corrected chi connectivity index (χ3v) is 6.67. The summed E-state index contributed by atoms with van der Waals surface area (Å²) in [5.41, 5.74) is 1.71. The molecule has 1 amide bonds. The van der Waals surface area contributed by atoms with Gasteiger partial charge < -0.3 is 10.1 Å². The molecule has 2 fully saturated rings. The van der Waals surface area contributed by atoms with E-state index in [1.165, 1.54) is 19.3 Å². The van der Waals surface area contributed by atoms with E-state index < -0.39 is 0 Å². The molecule has 29 heavy (non-hydrogen) atoms. The van der Waals surface area contributed by atoms with Crippen molar-refractivity contribution in [3.05, 3.63) is 22.5 Å². The van der Waals surface area contributed by atoms with Gasteiger partial charge in [-0.25, -0.2) is 0 Å². The summed E-state index contributed by atoms with van der Waals surface area (Å²) in [6.45, 7) is 9.33. The standard InChI is InChI=1S/C22H35ClN4O2/c1-3-4-14-27-21(23)19(18(2)25-27)8-9-20(28)24-17-22(10-15-29-16-11-22)26-12-6-5-7-13-26/h8-9H,3-7,10-17H2,1-2H3,(H,24,28)/b9-8+. The van der Waals surface area contributed by atoms with Crippen molar-refractivity contribution in [1.29, 1.82) is 0 Å². The lowest BCUT2D eigenvalue weighted by Gasteiger charge is -2.48. The number of carbonyl (C=O) groups excluding carboxylic acids is 1. The van der Waals surface area contributed by atoms with E-state index >= 15 is 0 Å². The largest absolute Gasteiger partial charge is 0.381 e. The number of hydrogen-bond donors (Lipinski definition) is 1. The number of amides is 1. The number of aryl methyl sites for hydroxylation is 2. The van der Waals surface area contributed by atoms with E-state index in [1.54, 1.807) is 12.2 Å². The van der Waals surface area contributed by atoms with Gasteiger partial charge in [0.1, 0.15) is 5.15 Å². The van der Waals surface area contributed by atoms with Crippen LogP contribution in [-0.4, -0.2) is 59.0 Å². The number of unbranched alkanes of at least 4 members (excludes halogenated alkanes) is 1. The zero-order valence-corrected chi connectivity index (χ0v) is 18.6. The summed E-state index contributed by atoms with van der Waals surface area (Å²) in [7, 11) is 0. The van der Waals surface area contributed by atoms with Crippen LogP contribution in [0.2, 0.25) is 5.15 Å². The van der Waals surface area contributed by atoms with Gasteiger partial charge in [-0.2, -0.15) is 5.10 Å². The van der Waals surface area contributed by atoms with Gasteiger partial charge in [-0.05, 0) is 58.2 Å². The summed E-state index contributed by atoms with van der Waals surface area (Å²) in [5, 5.41) is 8.25. The normalized spacial score (nSPS) is 20.2. The molecule has 2 aliphatic rings. The third kappa shape index (κ3) is 5.62. The molecule has 0 bridgehead atoms. The van der Waals surface area contributed by atoms with Crippen LogP contribution in [-0.2, 0) is 16.1 Å². The monoisotopic (exact) mass is 422 g/mol. The number of likely N-dealkylation sites (tertiary alicyclic amines) is 1. The molecule has 7 heteroatoms. The zero-order chi connectivity index (χ0) is 20.7. The maximum Gasteiger partial charge on any atom is 0.244 e. The van der Waals surface area contributed by atoms with Crippen molar-refractivity contribution in [2.45, 2.75) is 70.9 Å². The molecule has 0 spiro atoms. The molecule has 162 valence electrons. The van der Waals surface area contributed by atoms with Gasteiger partial charge in [0, 0.05) is 43.5 Å². The number of ether oxygens (including phenoxy) is 1. The molecule has 0 aliphatic carbocycles. The molecule has 1 aromatic heterocycles. The van der Waals surface area contributed by atoms with Gasteiger partial charge in [0.15, 0.2) is 0 Å². The van der Waals surface area contributed by atoms with Crippen LogP contribution in [0.5, 0.6) is 0 Å². The van der Waals surface area contributed by atoms with Crippen molar-refractivity contribution in [3.63, 3.8) is 0 Å². The number of halogens is 1.